The van der Waals surface area contributed by atoms with Crippen molar-refractivity contribution in [3.63, 3.8) is 0 Å². The number of nitrogens with one attached hydrogen (secondary N) is 1. The maximum absolute atomic E-state index is 13.1. The molecule has 1 aliphatic heterocycles. The van der Waals surface area contributed by atoms with Gasteiger partial charge in [0.1, 0.15) is 11.6 Å². The second kappa shape index (κ2) is 9.08. The van der Waals surface area contributed by atoms with E-state index in [1.807, 2.05) is 11.0 Å². The molecule has 0 saturated carbocycles. The van der Waals surface area contributed by atoms with E-state index in [0.29, 0.717) is 51.5 Å². The second-order valence-corrected chi connectivity index (χ2v) is 9.34. The van der Waals surface area contributed by atoms with Crippen LogP contribution in [0.2, 0.25) is 10.0 Å². The van der Waals surface area contributed by atoms with Crippen molar-refractivity contribution in [1.29, 1.82) is 0 Å². The quantitative estimate of drug-likeness (QED) is 0.358. The van der Waals surface area contributed by atoms with Gasteiger partial charge in [-0.3, -0.25) is 4.79 Å². The summed E-state index contributed by atoms with van der Waals surface area (Å²) in [6.07, 6.45) is 2.96. The fourth-order valence-corrected chi connectivity index (χ4v) is 4.78. The highest BCUT2D eigenvalue weighted by Crippen LogP contribution is 2.31. The van der Waals surface area contributed by atoms with Gasteiger partial charge in [-0.2, -0.15) is 0 Å². The molecule has 0 atom stereocenters. The summed E-state index contributed by atoms with van der Waals surface area (Å²) in [6.45, 7) is 1.39. The van der Waals surface area contributed by atoms with Gasteiger partial charge in [-0.05, 0) is 55.0 Å². The minimum Gasteiger partial charge on any atom is -0.507 e. The fourth-order valence-electron chi connectivity index (χ4n) is 4.46. The molecule has 168 valence electrons. The van der Waals surface area contributed by atoms with Crippen molar-refractivity contribution in [3.8, 4) is 17.1 Å². The average molecular weight is 480 g/mol. The Hall–Kier alpha value is -3.02. The first kappa shape index (κ1) is 21.8. The fraction of sp³-hybridized carbons (Fsp3) is 0.231. The molecular weight excluding hydrogens is 457 g/mol. The first-order chi connectivity index (χ1) is 16.0. The lowest BCUT2D eigenvalue weighted by molar-refractivity contribution is 0.0687. The summed E-state index contributed by atoms with van der Waals surface area (Å²) in [5.41, 5.74) is 3.75. The molecule has 0 radical (unpaired) electrons. The molecule has 7 heteroatoms. The molecule has 4 aromatic rings. The van der Waals surface area contributed by atoms with Crippen LogP contribution in [-0.2, 0) is 6.42 Å². The van der Waals surface area contributed by atoms with Crippen molar-refractivity contribution in [2.45, 2.75) is 19.3 Å². The highest BCUT2D eigenvalue weighted by Gasteiger charge is 2.25. The van der Waals surface area contributed by atoms with Gasteiger partial charge in [0.05, 0.1) is 26.6 Å². The van der Waals surface area contributed by atoms with Crippen LogP contribution in [0.15, 0.2) is 60.7 Å². The maximum atomic E-state index is 13.1. The Morgan fingerprint density at radius 1 is 1.03 bits per heavy atom. The maximum Gasteiger partial charge on any atom is 0.257 e. The van der Waals surface area contributed by atoms with E-state index in [1.54, 1.807) is 30.3 Å². The molecule has 0 spiro atoms. The molecule has 0 aliphatic carbocycles. The van der Waals surface area contributed by atoms with Crippen LogP contribution in [0.4, 0.5) is 0 Å². The van der Waals surface area contributed by atoms with E-state index >= 15 is 0 Å². The number of imidazole rings is 1. The molecule has 5 rings (SSSR count). The number of fused-ring (bicyclic) bond motifs is 1. The number of rotatable bonds is 4. The average Bonchev–Trinajstić information content (AvgIpc) is 3.23. The number of halogens is 2. The van der Waals surface area contributed by atoms with E-state index in [2.05, 4.69) is 34.2 Å². The van der Waals surface area contributed by atoms with Crippen LogP contribution in [0.5, 0.6) is 5.75 Å². The van der Waals surface area contributed by atoms with Gasteiger partial charge in [-0.15, -0.1) is 0 Å². The number of aromatic nitrogens is 2. The number of carbonyl (C=O) groups excluding carboxylic acids is 1. The first-order valence-electron chi connectivity index (χ1n) is 11.0. The minimum absolute atomic E-state index is 0.0552. The summed E-state index contributed by atoms with van der Waals surface area (Å²) in [5, 5.41) is 11.5. The van der Waals surface area contributed by atoms with Gasteiger partial charge >= 0.3 is 0 Å². The van der Waals surface area contributed by atoms with Crippen LogP contribution in [0.25, 0.3) is 22.4 Å². The Bertz CT molecular complexity index is 1270. The van der Waals surface area contributed by atoms with Crippen LogP contribution in [0, 0.1) is 5.92 Å². The minimum atomic E-state index is -0.139. The Labute approximate surface area is 202 Å². The molecule has 1 aliphatic rings. The molecule has 0 bridgehead atoms. The van der Waals surface area contributed by atoms with E-state index in [4.69, 9.17) is 23.2 Å². The Balaban J connectivity index is 1.28. The van der Waals surface area contributed by atoms with Gasteiger partial charge in [0.15, 0.2) is 0 Å². The van der Waals surface area contributed by atoms with Crippen molar-refractivity contribution in [2.24, 2.45) is 5.92 Å². The number of piperidine rings is 1. The second-order valence-electron chi connectivity index (χ2n) is 8.53. The van der Waals surface area contributed by atoms with Crippen molar-refractivity contribution in [2.75, 3.05) is 13.1 Å². The zero-order valence-electron chi connectivity index (χ0n) is 17.9. The van der Waals surface area contributed by atoms with E-state index in [-0.39, 0.29) is 11.7 Å². The Morgan fingerprint density at radius 2 is 1.76 bits per heavy atom. The third kappa shape index (κ3) is 4.56. The molecule has 2 N–H and O–H groups in total. The lowest BCUT2D eigenvalue weighted by Gasteiger charge is -2.32. The molecule has 0 unspecified atom stereocenters. The number of phenolic OH excluding ortho intramolecular Hbond substituents is 1. The number of hydrogen-bond acceptors (Lipinski definition) is 3. The summed E-state index contributed by atoms with van der Waals surface area (Å²) < 4.78 is 0. The Kier molecular flexibility index (Phi) is 6.00. The third-order valence-electron chi connectivity index (χ3n) is 6.29. The highest BCUT2D eigenvalue weighted by atomic mass is 35.5. The van der Waals surface area contributed by atoms with E-state index in [1.165, 1.54) is 5.56 Å². The molecule has 1 saturated heterocycles. The molecule has 3 aromatic carbocycles. The van der Waals surface area contributed by atoms with Crippen LogP contribution in [0.3, 0.4) is 0 Å². The van der Waals surface area contributed by atoms with E-state index in [9.17, 15) is 9.90 Å². The molecule has 5 nitrogen and oxygen atoms in total. The SMILES string of the molecule is O=C(c1ccc(-c2nc3cc(Cl)c(Cl)cc3[nH]2)cc1O)N1CCC(Cc2ccccc2)CC1. The summed E-state index contributed by atoms with van der Waals surface area (Å²) in [6, 6.07) is 18.9. The van der Waals surface area contributed by atoms with Gasteiger partial charge in [-0.25, -0.2) is 4.98 Å². The Morgan fingerprint density at radius 3 is 2.48 bits per heavy atom. The highest BCUT2D eigenvalue weighted by molar-refractivity contribution is 6.42. The lowest BCUT2D eigenvalue weighted by Crippen LogP contribution is -2.38. The smallest absolute Gasteiger partial charge is 0.257 e. The summed E-state index contributed by atoms with van der Waals surface area (Å²) >= 11 is 12.2. The van der Waals surface area contributed by atoms with E-state index < -0.39 is 0 Å². The van der Waals surface area contributed by atoms with Crippen molar-refractivity contribution < 1.29 is 9.90 Å². The van der Waals surface area contributed by atoms with Crippen LogP contribution >= 0.6 is 23.2 Å². The predicted octanol–water partition coefficient (Wildman–Crippen LogP) is 6.34. The number of aromatic hydroxyl groups is 1. The zero-order chi connectivity index (χ0) is 22.9. The number of carbonyl (C=O) groups is 1. The number of benzene rings is 3. The number of aromatic amines is 1. The van der Waals surface area contributed by atoms with Gasteiger partial charge in [0, 0.05) is 18.7 Å². The third-order valence-corrected chi connectivity index (χ3v) is 7.02. The van der Waals surface area contributed by atoms with Gasteiger partial charge < -0.3 is 15.0 Å². The zero-order valence-corrected chi connectivity index (χ0v) is 19.4. The van der Waals surface area contributed by atoms with Crippen LogP contribution in [0.1, 0.15) is 28.8 Å². The molecule has 2 heterocycles. The summed E-state index contributed by atoms with van der Waals surface area (Å²) in [5.74, 6) is 0.947. The first-order valence-corrected chi connectivity index (χ1v) is 11.7. The number of phenols is 1. The summed E-state index contributed by atoms with van der Waals surface area (Å²) in [7, 11) is 0. The largest absolute Gasteiger partial charge is 0.507 e. The monoisotopic (exact) mass is 479 g/mol. The predicted molar refractivity (Wildman–Crippen MR) is 132 cm³/mol. The number of nitrogens with zero attached hydrogens (tertiary/aromatic N) is 2. The standard InChI is InChI=1S/C26H23Cl2N3O2/c27-20-14-22-23(15-21(20)28)30-25(29-22)18-6-7-19(24(32)13-18)26(33)31-10-8-17(9-11-31)12-16-4-2-1-3-5-16/h1-7,13-15,17,32H,8-12H2,(H,29,30). The topological polar surface area (TPSA) is 69.2 Å². The van der Waals surface area contributed by atoms with Gasteiger partial charge in [-0.1, -0.05) is 59.6 Å². The molecule has 33 heavy (non-hydrogen) atoms. The molecule has 1 aromatic heterocycles. The molecule has 1 amide bonds. The molecule has 1 fully saturated rings. The van der Waals surface area contributed by atoms with Crippen molar-refractivity contribution in [3.05, 3.63) is 81.8 Å². The number of amides is 1. The van der Waals surface area contributed by atoms with Gasteiger partial charge in [0.2, 0.25) is 0 Å². The van der Waals surface area contributed by atoms with Crippen molar-refractivity contribution in [1.82, 2.24) is 14.9 Å². The lowest BCUT2D eigenvalue weighted by atomic mass is 9.90. The van der Waals surface area contributed by atoms with Crippen LogP contribution in [-0.4, -0.2) is 39.0 Å². The number of H-pyrrole nitrogens is 1. The number of likely N-dealkylation sites (tertiary alicyclic amines) is 1. The number of hydrogen-bond donors (Lipinski definition) is 2. The summed E-state index contributed by atoms with van der Waals surface area (Å²) in [4.78, 5) is 22.6. The molecular formula is C26H23Cl2N3O2. The van der Waals surface area contributed by atoms with Crippen molar-refractivity contribution >= 4 is 40.1 Å². The van der Waals surface area contributed by atoms with Crippen LogP contribution < -0.4 is 0 Å². The normalized spacial score (nSPS) is 14.7. The van der Waals surface area contributed by atoms with Gasteiger partial charge in [0.25, 0.3) is 5.91 Å². The van der Waals surface area contributed by atoms with E-state index in [0.717, 1.165) is 24.8 Å².